The third kappa shape index (κ3) is 6.03. The number of alkyl carbamates (subject to hydrolysis) is 1. The van der Waals surface area contributed by atoms with Gasteiger partial charge in [-0.1, -0.05) is 42.5 Å². The maximum atomic E-state index is 12.3. The Morgan fingerprint density at radius 2 is 1.70 bits per heavy atom. The van der Waals surface area contributed by atoms with E-state index in [1.54, 1.807) is 18.2 Å². The number of Topliss-reactive ketones (excluding diaryl/α,β-unsaturated/α-hetero) is 1. The van der Waals surface area contributed by atoms with Crippen LogP contribution in [0.15, 0.2) is 54.0 Å². The summed E-state index contributed by atoms with van der Waals surface area (Å²) >= 11 is 0. The lowest BCUT2D eigenvalue weighted by molar-refractivity contribution is 0.00578. The van der Waals surface area contributed by atoms with Gasteiger partial charge in [-0.2, -0.15) is 0 Å². The van der Waals surface area contributed by atoms with Crippen LogP contribution in [0.25, 0.3) is 6.08 Å². The average molecular weight is 451 g/mol. The van der Waals surface area contributed by atoms with Crippen LogP contribution in [0.3, 0.4) is 0 Å². The summed E-state index contributed by atoms with van der Waals surface area (Å²) in [6, 6.07) is 14.1. The highest BCUT2D eigenvalue weighted by atomic mass is 16.7. The summed E-state index contributed by atoms with van der Waals surface area (Å²) in [5.41, 5.74) is 1.28. The highest BCUT2D eigenvalue weighted by Crippen LogP contribution is 2.38. The van der Waals surface area contributed by atoms with Crippen molar-refractivity contribution in [3.63, 3.8) is 0 Å². The number of ether oxygens (including phenoxy) is 1. The number of benzene rings is 2. The number of aromatic hydroxyl groups is 1. The third-order valence-electron chi connectivity index (χ3n) is 5.96. The first-order valence-electron chi connectivity index (χ1n) is 10.8. The molecule has 0 radical (unpaired) electrons. The lowest BCUT2D eigenvalue weighted by Gasteiger charge is -2.32. The number of carbonyl (C=O) groups is 2. The van der Waals surface area contributed by atoms with Crippen molar-refractivity contribution in [2.24, 2.45) is 0 Å². The van der Waals surface area contributed by atoms with Gasteiger partial charge in [-0.3, -0.25) is 4.79 Å². The molecule has 0 aromatic heterocycles. The number of ketones is 1. The van der Waals surface area contributed by atoms with Gasteiger partial charge >= 0.3 is 13.2 Å². The quantitative estimate of drug-likeness (QED) is 0.475. The molecule has 2 aromatic carbocycles. The molecule has 2 N–H and O–H groups in total. The number of rotatable bonds is 7. The number of amides is 1. The molecule has 1 heterocycles. The summed E-state index contributed by atoms with van der Waals surface area (Å²) in [5.74, 6) is -0.331. The van der Waals surface area contributed by atoms with E-state index in [2.05, 4.69) is 5.32 Å². The van der Waals surface area contributed by atoms with E-state index in [1.807, 2.05) is 58.0 Å². The summed E-state index contributed by atoms with van der Waals surface area (Å²) in [6.07, 6.45) is 1.21. The molecule has 7 nitrogen and oxygen atoms in total. The SMILES string of the molecule is CC(=O)c1cc(C=C(CNC(=O)OCc2ccccc2)B2OC(C)(C)C(C)(C)O2)ccc1O. The molecule has 0 saturated carbocycles. The molecule has 1 amide bonds. The smallest absolute Gasteiger partial charge is 0.492 e. The van der Waals surface area contributed by atoms with Gasteiger partial charge in [0, 0.05) is 6.54 Å². The number of phenols is 1. The standard InChI is InChI=1S/C25H30BNO6/c1-17(28)21-14-19(11-12-22(21)29)13-20(26-32-24(2,3)25(4,5)33-26)15-27-23(30)31-16-18-9-7-6-8-10-18/h6-14,29H,15-16H2,1-5H3,(H,27,30). The van der Waals surface area contributed by atoms with E-state index < -0.39 is 24.4 Å². The van der Waals surface area contributed by atoms with Gasteiger partial charge in [0.25, 0.3) is 0 Å². The van der Waals surface area contributed by atoms with Crippen molar-refractivity contribution in [2.45, 2.75) is 52.4 Å². The van der Waals surface area contributed by atoms with Crippen molar-refractivity contribution in [1.82, 2.24) is 5.32 Å². The van der Waals surface area contributed by atoms with Gasteiger partial charge in [-0.15, -0.1) is 0 Å². The second-order valence-electron chi connectivity index (χ2n) is 9.06. The van der Waals surface area contributed by atoms with Crippen LogP contribution >= 0.6 is 0 Å². The normalized spacial score (nSPS) is 17.0. The monoisotopic (exact) mass is 451 g/mol. The number of nitrogens with one attached hydrogen (secondary N) is 1. The van der Waals surface area contributed by atoms with Crippen molar-refractivity contribution in [2.75, 3.05) is 6.54 Å². The highest BCUT2D eigenvalue weighted by Gasteiger charge is 2.52. The lowest BCUT2D eigenvalue weighted by Crippen LogP contribution is -2.41. The average Bonchev–Trinajstić information content (AvgIpc) is 2.98. The van der Waals surface area contributed by atoms with Crippen LogP contribution in [0.5, 0.6) is 5.75 Å². The van der Waals surface area contributed by atoms with Crippen LogP contribution in [0.2, 0.25) is 0 Å². The second kappa shape index (κ2) is 9.81. The maximum absolute atomic E-state index is 12.3. The van der Waals surface area contributed by atoms with Crippen molar-refractivity contribution < 1.29 is 28.7 Å². The fourth-order valence-electron chi connectivity index (χ4n) is 3.28. The molecule has 3 rings (SSSR count). The molecule has 1 aliphatic heterocycles. The first-order valence-corrected chi connectivity index (χ1v) is 10.8. The Morgan fingerprint density at radius 3 is 2.30 bits per heavy atom. The third-order valence-corrected chi connectivity index (χ3v) is 5.96. The predicted molar refractivity (Wildman–Crippen MR) is 127 cm³/mol. The maximum Gasteiger partial charge on any atom is 0.492 e. The first-order chi connectivity index (χ1) is 15.5. The molecular weight excluding hydrogens is 421 g/mol. The Kier molecular flexibility index (Phi) is 7.30. The Bertz CT molecular complexity index is 1030. The minimum Gasteiger partial charge on any atom is -0.507 e. The molecule has 0 bridgehead atoms. The summed E-state index contributed by atoms with van der Waals surface area (Å²) in [4.78, 5) is 24.1. The number of hydrogen-bond acceptors (Lipinski definition) is 6. The minimum absolute atomic E-state index is 0.0838. The lowest BCUT2D eigenvalue weighted by atomic mass is 9.77. The number of carbonyl (C=O) groups excluding carboxylic acids is 2. The second-order valence-corrected chi connectivity index (χ2v) is 9.06. The van der Waals surface area contributed by atoms with E-state index in [9.17, 15) is 14.7 Å². The van der Waals surface area contributed by atoms with E-state index in [1.165, 1.54) is 13.0 Å². The van der Waals surface area contributed by atoms with E-state index in [0.717, 1.165) is 5.56 Å². The van der Waals surface area contributed by atoms with Crippen LogP contribution in [-0.2, 0) is 20.7 Å². The number of phenolic OH excluding ortho intramolecular Hbond substituents is 1. The van der Waals surface area contributed by atoms with Crippen LogP contribution in [-0.4, -0.2) is 41.8 Å². The zero-order valence-electron chi connectivity index (χ0n) is 19.7. The zero-order valence-corrected chi connectivity index (χ0v) is 19.7. The van der Waals surface area contributed by atoms with E-state index in [-0.39, 0.29) is 30.2 Å². The molecule has 1 aliphatic rings. The summed E-state index contributed by atoms with van der Waals surface area (Å²) < 4.78 is 17.6. The summed E-state index contributed by atoms with van der Waals surface area (Å²) in [6.45, 7) is 9.44. The van der Waals surface area contributed by atoms with E-state index in [0.29, 0.717) is 11.0 Å². The molecule has 0 atom stereocenters. The van der Waals surface area contributed by atoms with E-state index >= 15 is 0 Å². The molecule has 33 heavy (non-hydrogen) atoms. The summed E-state index contributed by atoms with van der Waals surface area (Å²) in [7, 11) is -0.709. The molecule has 2 aromatic rings. The summed E-state index contributed by atoms with van der Waals surface area (Å²) in [5, 5.41) is 12.7. The molecule has 174 valence electrons. The van der Waals surface area contributed by atoms with Gasteiger partial charge in [-0.05, 0) is 63.4 Å². The van der Waals surface area contributed by atoms with Gasteiger partial charge in [0.05, 0.1) is 16.8 Å². The fourth-order valence-corrected chi connectivity index (χ4v) is 3.28. The Labute approximate surface area is 194 Å². The van der Waals surface area contributed by atoms with Crippen LogP contribution in [0, 0.1) is 0 Å². The first kappa shape index (κ1) is 24.5. The molecule has 0 unspecified atom stereocenters. The van der Waals surface area contributed by atoms with Crippen molar-refractivity contribution in [3.05, 3.63) is 70.7 Å². The molecule has 0 spiro atoms. The van der Waals surface area contributed by atoms with Crippen molar-refractivity contribution >= 4 is 25.1 Å². The molecule has 0 aliphatic carbocycles. The predicted octanol–water partition coefficient (Wildman–Crippen LogP) is 4.54. The van der Waals surface area contributed by atoms with E-state index in [4.69, 9.17) is 14.0 Å². The molecule has 1 fully saturated rings. The minimum atomic E-state index is -0.709. The fraction of sp³-hybridized carbons (Fsp3) is 0.360. The van der Waals surface area contributed by atoms with Crippen molar-refractivity contribution in [3.8, 4) is 5.75 Å². The molecular formula is C25H30BNO6. The molecule has 1 saturated heterocycles. The Morgan fingerprint density at radius 1 is 1.06 bits per heavy atom. The Hall–Kier alpha value is -3.10. The highest BCUT2D eigenvalue weighted by molar-refractivity contribution is 6.56. The van der Waals surface area contributed by atoms with Gasteiger partial charge in [-0.25, -0.2) is 4.79 Å². The van der Waals surface area contributed by atoms with Gasteiger partial charge in [0.1, 0.15) is 12.4 Å². The molecule has 8 heteroatoms. The Balaban J connectivity index is 1.79. The van der Waals surface area contributed by atoms with Gasteiger partial charge < -0.3 is 24.5 Å². The number of hydrogen-bond donors (Lipinski definition) is 2. The van der Waals surface area contributed by atoms with Crippen LogP contribution in [0.1, 0.15) is 56.1 Å². The van der Waals surface area contributed by atoms with Crippen molar-refractivity contribution in [1.29, 1.82) is 0 Å². The largest absolute Gasteiger partial charge is 0.507 e. The van der Waals surface area contributed by atoms with Gasteiger partial charge in [0.15, 0.2) is 5.78 Å². The topological polar surface area (TPSA) is 94.1 Å². The van der Waals surface area contributed by atoms with Gasteiger partial charge in [0.2, 0.25) is 0 Å². The van der Waals surface area contributed by atoms with Crippen LogP contribution in [0.4, 0.5) is 4.79 Å². The van der Waals surface area contributed by atoms with Crippen LogP contribution < -0.4 is 5.32 Å². The zero-order chi connectivity index (χ0) is 24.2.